The van der Waals surface area contributed by atoms with Gasteiger partial charge in [-0.2, -0.15) is 0 Å². The zero-order valence-corrected chi connectivity index (χ0v) is 12.7. The van der Waals surface area contributed by atoms with Crippen molar-refractivity contribution < 1.29 is 4.39 Å². The third-order valence-electron chi connectivity index (χ3n) is 4.06. The molecule has 1 aliphatic rings. The number of aromatic nitrogens is 2. The van der Waals surface area contributed by atoms with Crippen molar-refractivity contribution in [1.29, 1.82) is 0 Å². The van der Waals surface area contributed by atoms with E-state index in [9.17, 15) is 4.39 Å². The summed E-state index contributed by atoms with van der Waals surface area (Å²) in [6, 6.07) is 3.56. The summed E-state index contributed by atoms with van der Waals surface area (Å²) in [6.45, 7) is 0. The largest absolute Gasteiger partial charge is 0.325 e. The lowest BCUT2D eigenvalue weighted by Crippen LogP contribution is -2.15. The summed E-state index contributed by atoms with van der Waals surface area (Å²) in [6.07, 6.45) is 6.76. The molecule has 2 nitrogen and oxygen atoms in total. The first kappa shape index (κ1) is 14.2. The molecule has 0 aliphatic heterocycles. The summed E-state index contributed by atoms with van der Waals surface area (Å²) in [7, 11) is 0. The molecular formula is C15H17Cl2FN2. The molecule has 1 fully saturated rings. The molecule has 0 radical (unpaired) electrons. The number of halogens is 3. The molecule has 20 heavy (non-hydrogen) atoms. The summed E-state index contributed by atoms with van der Waals surface area (Å²) in [4.78, 5) is 4.56. The van der Waals surface area contributed by atoms with Crippen molar-refractivity contribution in [1.82, 2.24) is 9.55 Å². The van der Waals surface area contributed by atoms with Gasteiger partial charge in [-0.15, -0.1) is 11.6 Å². The van der Waals surface area contributed by atoms with Crippen LogP contribution in [0.4, 0.5) is 4.39 Å². The van der Waals surface area contributed by atoms with Crippen LogP contribution >= 0.6 is 23.2 Å². The fraction of sp³-hybridized carbons (Fsp3) is 0.533. The molecule has 0 unspecified atom stereocenters. The van der Waals surface area contributed by atoms with E-state index >= 15 is 0 Å². The van der Waals surface area contributed by atoms with Crippen molar-refractivity contribution in [2.24, 2.45) is 0 Å². The monoisotopic (exact) mass is 314 g/mol. The van der Waals surface area contributed by atoms with E-state index < -0.39 is 5.82 Å². The third kappa shape index (κ3) is 2.53. The Labute approximate surface area is 127 Å². The van der Waals surface area contributed by atoms with Crippen molar-refractivity contribution in [3.8, 4) is 0 Å². The molecule has 0 saturated heterocycles. The normalized spacial score (nSPS) is 16.9. The van der Waals surface area contributed by atoms with Crippen LogP contribution in [0.2, 0.25) is 5.02 Å². The number of benzene rings is 1. The second-order valence-corrected chi connectivity index (χ2v) is 6.17. The van der Waals surface area contributed by atoms with Gasteiger partial charge in [-0.05, 0) is 18.9 Å². The SMILES string of the molecule is Fc1cc2nc(CCCl)n(C3CCCCC3)c2cc1Cl. The number of hydrogen-bond acceptors (Lipinski definition) is 1. The van der Waals surface area contributed by atoms with Crippen LogP contribution in [-0.4, -0.2) is 15.4 Å². The van der Waals surface area contributed by atoms with Gasteiger partial charge in [0, 0.05) is 24.4 Å². The minimum absolute atomic E-state index is 0.159. The number of hydrogen-bond donors (Lipinski definition) is 0. The Morgan fingerprint density at radius 2 is 2.00 bits per heavy atom. The first-order chi connectivity index (χ1) is 9.70. The van der Waals surface area contributed by atoms with Crippen LogP contribution in [0.3, 0.4) is 0 Å². The van der Waals surface area contributed by atoms with E-state index in [0.29, 0.717) is 23.9 Å². The zero-order chi connectivity index (χ0) is 14.1. The van der Waals surface area contributed by atoms with Crippen molar-refractivity contribution in [3.63, 3.8) is 0 Å². The second-order valence-electron chi connectivity index (χ2n) is 5.38. The molecule has 1 aliphatic carbocycles. The number of nitrogens with zero attached hydrogens (tertiary/aromatic N) is 2. The molecule has 0 N–H and O–H groups in total. The average Bonchev–Trinajstić information content (AvgIpc) is 2.78. The Hall–Kier alpha value is -0.800. The van der Waals surface area contributed by atoms with Crippen LogP contribution in [0.15, 0.2) is 12.1 Å². The minimum atomic E-state index is -0.412. The number of fused-ring (bicyclic) bond motifs is 1. The topological polar surface area (TPSA) is 17.8 Å². The van der Waals surface area contributed by atoms with Crippen LogP contribution in [-0.2, 0) is 6.42 Å². The molecule has 1 saturated carbocycles. The maximum absolute atomic E-state index is 13.6. The van der Waals surface area contributed by atoms with Crippen LogP contribution in [0.25, 0.3) is 11.0 Å². The summed E-state index contributed by atoms with van der Waals surface area (Å²) < 4.78 is 15.8. The number of alkyl halides is 1. The van der Waals surface area contributed by atoms with Crippen molar-refractivity contribution in [2.75, 3.05) is 5.88 Å². The van der Waals surface area contributed by atoms with Gasteiger partial charge >= 0.3 is 0 Å². The second kappa shape index (κ2) is 5.90. The molecule has 3 rings (SSSR count). The Balaban J connectivity index is 2.14. The Bertz CT molecular complexity index is 618. The predicted molar refractivity (Wildman–Crippen MR) is 81.2 cm³/mol. The molecule has 5 heteroatoms. The fourth-order valence-electron chi connectivity index (χ4n) is 3.15. The smallest absolute Gasteiger partial charge is 0.144 e. The highest BCUT2D eigenvalue weighted by Crippen LogP contribution is 2.34. The Morgan fingerprint density at radius 3 is 2.70 bits per heavy atom. The van der Waals surface area contributed by atoms with Gasteiger partial charge in [0.25, 0.3) is 0 Å². The first-order valence-electron chi connectivity index (χ1n) is 7.12. The lowest BCUT2D eigenvalue weighted by Gasteiger charge is -2.25. The van der Waals surface area contributed by atoms with E-state index in [1.54, 1.807) is 6.07 Å². The molecule has 108 valence electrons. The van der Waals surface area contributed by atoms with E-state index in [1.165, 1.54) is 25.3 Å². The van der Waals surface area contributed by atoms with Crippen LogP contribution < -0.4 is 0 Å². The van der Waals surface area contributed by atoms with Gasteiger partial charge in [0.15, 0.2) is 0 Å². The van der Waals surface area contributed by atoms with Gasteiger partial charge in [0.2, 0.25) is 0 Å². The van der Waals surface area contributed by atoms with E-state index in [1.807, 2.05) is 0 Å². The maximum Gasteiger partial charge on any atom is 0.144 e. The Kier molecular flexibility index (Phi) is 4.18. The van der Waals surface area contributed by atoms with Crippen LogP contribution in [0.5, 0.6) is 0 Å². The summed E-state index contributed by atoms with van der Waals surface area (Å²) in [5.41, 5.74) is 1.61. The predicted octanol–water partition coefficient (Wildman–Crippen LogP) is 5.12. The minimum Gasteiger partial charge on any atom is -0.325 e. The standard InChI is InChI=1S/C15H17Cl2FN2/c16-7-6-15-19-13-9-12(18)11(17)8-14(13)20(15)10-4-2-1-3-5-10/h8-10H,1-7H2. The molecule has 1 heterocycles. The fourth-order valence-corrected chi connectivity index (χ4v) is 3.47. The molecule has 2 aromatic rings. The average molecular weight is 315 g/mol. The van der Waals surface area contributed by atoms with Crippen molar-refractivity contribution in [2.45, 2.75) is 44.6 Å². The molecule has 0 atom stereocenters. The lowest BCUT2D eigenvalue weighted by atomic mass is 9.95. The van der Waals surface area contributed by atoms with Gasteiger partial charge in [0.05, 0.1) is 16.1 Å². The number of aryl methyl sites for hydroxylation is 1. The maximum atomic E-state index is 13.6. The van der Waals surface area contributed by atoms with Crippen molar-refractivity contribution >= 4 is 34.2 Å². The molecule has 1 aromatic heterocycles. The van der Waals surface area contributed by atoms with E-state index in [4.69, 9.17) is 23.2 Å². The molecule has 0 amide bonds. The molecule has 0 bridgehead atoms. The van der Waals surface area contributed by atoms with Gasteiger partial charge in [0.1, 0.15) is 11.6 Å². The highest BCUT2D eigenvalue weighted by Gasteiger charge is 2.22. The van der Waals surface area contributed by atoms with E-state index in [2.05, 4.69) is 9.55 Å². The van der Waals surface area contributed by atoms with E-state index in [0.717, 1.165) is 24.2 Å². The third-order valence-corrected chi connectivity index (χ3v) is 4.54. The summed E-state index contributed by atoms with van der Waals surface area (Å²) in [5.74, 6) is 1.06. The zero-order valence-electron chi connectivity index (χ0n) is 11.2. The lowest BCUT2D eigenvalue weighted by molar-refractivity contribution is 0.353. The molecule has 1 aromatic carbocycles. The quantitative estimate of drug-likeness (QED) is 0.719. The van der Waals surface area contributed by atoms with Crippen molar-refractivity contribution in [3.05, 3.63) is 28.8 Å². The highest BCUT2D eigenvalue weighted by atomic mass is 35.5. The summed E-state index contributed by atoms with van der Waals surface area (Å²) >= 11 is 11.8. The van der Waals surface area contributed by atoms with Gasteiger partial charge < -0.3 is 4.57 Å². The number of rotatable bonds is 3. The summed E-state index contributed by atoms with van der Waals surface area (Å²) in [5, 5.41) is 0.159. The first-order valence-corrected chi connectivity index (χ1v) is 8.04. The van der Waals surface area contributed by atoms with Gasteiger partial charge in [-0.1, -0.05) is 30.9 Å². The highest BCUT2D eigenvalue weighted by molar-refractivity contribution is 6.31. The molecular weight excluding hydrogens is 298 g/mol. The van der Waals surface area contributed by atoms with Crippen LogP contribution in [0, 0.1) is 5.82 Å². The van der Waals surface area contributed by atoms with E-state index in [-0.39, 0.29) is 5.02 Å². The molecule has 0 spiro atoms. The van der Waals surface area contributed by atoms with Gasteiger partial charge in [-0.25, -0.2) is 9.37 Å². The Morgan fingerprint density at radius 1 is 1.25 bits per heavy atom. The van der Waals surface area contributed by atoms with Gasteiger partial charge in [-0.3, -0.25) is 0 Å². The number of imidazole rings is 1. The van der Waals surface area contributed by atoms with Crippen LogP contribution in [0.1, 0.15) is 44.0 Å².